The number of hydrogen-bond donors (Lipinski definition) is 1. The highest BCUT2D eigenvalue weighted by molar-refractivity contribution is 6.33. The van der Waals surface area contributed by atoms with Crippen LogP contribution >= 0.6 is 11.6 Å². The number of halogens is 1. The van der Waals surface area contributed by atoms with Crippen molar-refractivity contribution in [3.8, 4) is 11.8 Å². The Morgan fingerprint density at radius 2 is 2.04 bits per heavy atom. The lowest BCUT2D eigenvalue weighted by Gasteiger charge is -2.28. The highest BCUT2D eigenvalue weighted by Crippen LogP contribution is 2.26. The van der Waals surface area contributed by atoms with Gasteiger partial charge in [0.2, 0.25) is 5.91 Å². The molecule has 0 unspecified atom stereocenters. The summed E-state index contributed by atoms with van der Waals surface area (Å²) in [4.78, 5) is 42.1. The maximum absolute atomic E-state index is 12.8. The predicted molar refractivity (Wildman–Crippen MR) is 102 cm³/mol. The molecule has 2 aromatic carbocycles. The van der Waals surface area contributed by atoms with E-state index in [1.165, 1.54) is 37.4 Å². The van der Waals surface area contributed by atoms with Crippen molar-refractivity contribution >= 4 is 47.0 Å². The Morgan fingerprint density at radius 1 is 1.25 bits per heavy atom. The van der Waals surface area contributed by atoms with E-state index in [-0.39, 0.29) is 16.9 Å². The summed E-state index contributed by atoms with van der Waals surface area (Å²) < 4.78 is 5.10. The van der Waals surface area contributed by atoms with Gasteiger partial charge in [-0.3, -0.25) is 19.9 Å². The Balaban J connectivity index is 1.94. The second-order valence-corrected chi connectivity index (χ2v) is 6.14. The Kier molecular flexibility index (Phi) is 5.38. The van der Waals surface area contributed by atoms with Gasteiger partial charge in [-0.1, -0.05) is 17.7 Å². The van der Waals surface area contributed by atoms with Crippen LogP contribution in [-0.4, -0.2) is 31.2 Å². The molecule has 28 heavy (non-hydrogen) atoms. The lowest BCUT2D eigenvalue weighted by molar-refractivity contribution is -0.131. The topological polar surface area (TPSA) is 112 Å². The van der Waals surface area contributed by atoms with Gasteiger partial charge in [-0.25, -0.2) is 9.69 Å². The van der Waals surface area contributed by atoms with Crippen LogP contribution in [0.5, 0.6) is 5.75 Å². The van der Waals surface area contributed by atoms with Crippen LogP contribution in [-0.2, 0) is 9.59 Å². The summed E-state index contributed by atoms with van der Waals surface area (Å²) >= 11 is 5.91. The number of benzene rings is 2. The molecule has 1 saturated heterocycles. The lowest BCUT2D eigenvalue weighted by Crippen LogP contribution is -2.58. The number of carbonyl (C=O) groups is 3. The minimum atomic E-state index is -1.35. The van der Waals surface area contributed by atoms with Gasteiger partial charge in [0.1, 0.15) is 11.8 Å². The summed E-state index contributed by atoms with van der Waals surface area (Å²) in [6.45, 7) is 0. The maximum Gasteiger partial charge on any atom is 0.335 e. The molecule has 1 N–H and O–H groups in total. The molecule has 2 aromatic rings. The number of carbonyl (C=O) groups excluding carboxylic acids is 3. The van der Waals surface area contributed by atoms with Crippen molar-refractivity contribution in [1.82, 2.24) is 5.32 Å². The first kappa shape index (κ1) is 19.1. The third kappa shape index (κ3) is 3.70. The summed E-state index contributed by atoms with van der Waals surface area (Å²) in [6, 6.07) is 11.8. The van der Waals surface area contributed by atoms with Crippen molar-refractivity contribution in [3.05, 3.63) is 53.1 Å². The molecular formula is C19H13ClN4O4. The Labute approximate surface area is 165 Å². The van der Waals surface area contributed by atoms with Crippen LogP contribution in [0.15, 0.2) is 47.5 Å². The zero-order chi connectivity index (χ0) is 20.3. The number of anilines is 1. The van der Waals surface area contributed by atoms with E-state index >= 15 is 0 Å². The SMILES string of the molecule is COc1cccc(N2C(=O)NC(=O)[C@@H](C=Nc3cc(Cl)ccc3C#N)C2=O)c1. The lowest BCUT2D eigenvalue weighted by atomic mass is 10.1. The molecule has 4 amide bonds. The predicted octanol–water partition coefficient (Wildman–Crippen LogP) is 2.82. The molecule has 0 aromatic heterocycles. The number of imide groups is 2. The molecule has 0 bridgehead atoms. The first-order valence-corrected chi connectivity index (χ1v) is 8.39. The fourth-order valence-electron chi connectivity index (χ4n) is 2.58. The third-order valence-electron chi connectivity index (χ3n) is 3.96. The number of barbiturate groups is 1. The van der Waals surface area contributed by atoms with Crippen molar-refractivity contribution in [2.45, 2.75) is 0 Å². The van der Waals surface area contributed by atoms with Gasteiger partial charge in [-0.15, -0.1) is 0 Å². The number of nitrogens with zero attached hydrogens (tertiary/aromatic N) is 3. The fraction of sp³-hybridized carbons (Fsp3) is 0.105. The molecule has 0 saturated carbocycles. The minimum absolute atomic E-state index is 0.209. The zero-order valence-electron chi connectivity index (χ0n) is 14.5. The van der Waals surface area contributed by atoms with E-state index in [2.05, 4.69) is 10.3 Å². The molecule has 0 radical (unpaired) electrons. The largest absolute Gasteiger partial charge is 0.497 e. The van der Waals surface area contributed by atoms with E-state index in [9.17, 15) is 14.4 Å². The second kappa shape index (κ2) is 7.90. The number of nitrogens with one attached hydrogen (secondary N) is 1. The summed E-state index contributed by atoms with van der Waals surface area (Å²) in [6.07, 6.45) is 1.09. The van der Waals surface area contributed by atoms with Gasteiger partial charge in [0, 0.05) is 17.3 Å². The maximum atomic E-state index is 12.8. The van der Waals surface area contributed by atoms with Crippen LogP contribution in [0.4, 0.5) is 16.2 Å². The molecule has 1 atom stereocenters. The normalized spacial score (nSPS) is 16.8. The van der Waals surface area contributed by atoms with Gasteiger partial charge in [-0.2, -0.15) is 5.26 Å². The molecule has 140 valence electrons. The molecule has 0 aliphatic carbocycles. The number of hydrogen-bond acceptors (Lipinski definition) is 6. The first-order chi connectivity index (χ1) is 13.4. The Morgan fingerprint density at radius 3 is 2.75 bits per heavy atom. The molecule has 1 aliphatic heterocycles. The molecule has 0 spiro atoms. The quantitative estimate of drug-likeness (QED) is 0.630. The first-order valence-electron chi connectivity index (χ1n) is 8.01. The Hall–Kier alpha value is -3.70. The van der Waals surface area contributed by atoms with E-state index < -0.39 is 23.8 Å². The van der Waals surface area contributed by atoms with Crippen molar-refractivity contribution in [2.24, 2.45) is 10.9 Å². The van der Waals surface area contributed by atoms with Gasteiger partial charge >= 0.3 is 6.03 Å². The molecule has 9 heteroatoms. The van der Waals surface area contributed by atoms with Crippen LogP contribution < -0.4 is 15.0 Å². The van der Waals surface area contributed by atoms with Crippen molar-refractivity contribution < 1.29 is 19.1 Å². The fourth-order valence-corrected chi connectivity index (χ4v) is 2.74. The standard InChI is InChI=1S/C19H13ClN4O4/c1-28-14-4-2-3-13(8-14)24-18(26)15(17(25)23-19(24)27)10-22-16-7-12(20)6-5-11(16)9-21/h2-8,10,15H,1H3,(H,23,25,27)/t15-/m1/s1. The van der Waals surface area contributed by atoms with Crippen LogP contribution in [0.3, 0.4) is 0 Å². The summed E-state index contributed by atoms with van der Waals surface area (Å²) in [5, 5.41) is 11.6. The van der Waals surface area contributed by atoms with E-state index in [1.54, 1.807) is 12.1 Å². The number of urea groups is 1. The molecule has 8 nitrogen and oxygen atoms in total. The van der Waals surface area contributed by atoms with Gasteiger partial charge in [0.25, 0.3) is 5.91 Å². The molecular weight excluding hydrogens is 384 g/mol. The zero-order valence-corrected chi connectivity index (χ0v) is 15.3. The van der Waals surface area contributed by atoms with Crippen LogP contribution in [0.1, 0.15) is 5.56 Å². The summed E-state index contributed by atoms with van der Waals surface area (Å²) in [5.74, 6) is -2.49. The third-order valence-corrected chi connectivity index (χ3v) is 4.19. The van der Waals surface area contributed by atoms with Gasteiger partial charge in [-0.05, 0) is 30.3 Å². The van der Waals surface area contributed by atoms with Crippen LogP contribution in [0.25, 0.3) is 0 Å². The molecule has 3 rings (SSSR count). The smallest absolute Gasteiger partial charge is 0.335 e. The highest BCUT2D eigenvalue weighted by Gasteiger charge is 2.40. The molecule has 1 fully saturated rings. The average Bonchev–Trinajstić information content (AvgIpc) is 2.68. The van der Waals surface area contributed by atoms with Gasteiger partial charge < -0.3 is 4.74 Å². The number of ether oxygens (including phenoxy) is 1. The molecule has 1 heterocycles. The van der Waals surface area contributed by atoms with E-state index in [0.717, 1.165) is 11.1 Å². The number of methoxy groups -OCH3 is 1. The van der Waals surface area contributed by atoms with Crippen molar-refractivity contribution in [3.63, 3.8) is 0 Å². The highest BCUT2D eigenvalue weighted by atomic mass is 35.5. The number of aliphatic imine (C=N–C) groups is 1. The number of amides is 4. The number of nitriles is 1. The Bertz CT molecular complexity index is 1040. The summed E-state index contributed by atoms with van der Waals surface area (Å²) in [5.41, 5.74) is 0.679. The number of rotatable bonds is 4. The monoisotopic (exact) mass is 396 g/mol. The van der Waals surface area contributed by atoms with Crippen molar-refractivity contribution in [2.75, 3.05) is 12.0 Å². The van der Waals surface area contributed by atoms with Crippen LogP contribution in [0, 0.1) is 17.2 Å². The second-order valence-electron chi connectivity index (χ2n) is 5.70. The average molecular weight is 397 g/mol. The summed E-state index contributed by atoms with van der Waals surface area (Å²) in [7, 11) is 1.45. The van der Waals surface area contributed by atoms with E-state index in [1.807, 2.05) is 6.07 Å². The van der Waals surface area contributed by atoms with Gasteiger partial charge in [0.15, 0.2) is 5.92 Å². The molecule has 1 aliphatic rings. The van der Waals surface area contributed by atoms with Gasteiger partial charge in [0.05, 0.1) is 24.0 Å². The minimum Gasteiger partial charge on any atom is -0.497 e. The van der Waals surface area contributed by atoms with E-state index in [0.29, 0.717) is 10.8 Å². The van der Waals surface area contributed by atoms with Crippen LogP contribution in [0.2, 0.25) is 5.02 Å². The van der Waals surface area contributed by atoms with Crippen molar-refractivity contribution in [1.29, 1.82) is 5.26 Å². The van der Waals surface area contributed by atoms with E-state index in [4.69, 9.17) is 21.6 Å².